The number of thiocarbonyl (C=S) groups is 2. The standard InChI is InChI=1S/C17H18N4OS2/c22-15(11-13-7-3-1-4-8-13)19-17(24)21-20-16(23)18-12-14-9-5-2-6-10-14/h1-10H,11-12H2,(H2,18,20,23)(H2,19,21,22,24). The van der Waals surface area contributed by atoms with Crippen molar-refractivity contribution in [1.29, 1.82) is 0 Å². The molecule has 0 aromatic heterocycles. The molecule has 0 heterocycles. The first-order valence-corrected chi connectivity index (χ1v) is 8.16. The molecule has 2 aromatic rings. The third kappa shape index (κ3) is 6.72. The van der Waals surface area contributed by atoms with Gasteiger partial charge in [-0.05, 0) is 35.6 Å². The van der Waals surface area contributed by atoms with Crippen LogP contribution < -0.4 is 21.5 Å². The first kappa shape index (κ1) is 17.8. The smallest absolute Gasteiger partial charge is 0.230 e. The lowest BCUT2D eigenvalue weighted by Crippen LogP contribution is -2.51. The fourth-order valence-corrected chi connectivity index (χ4v) is 2.21. The van der Waals surface area contributed by atoms with Crippen LogP contribution in [-0.2, 0) is 17.8 Å². The summed E-state index contributed by atoms with van der Waals surface area (Å²) in [5.41, 5.74) is 7.45. The molecule has 4 N–H and O–H groups in total. The molecule has 0 atom stereocenters. The zero-order valence-electron chi connectivity index (χ0n) is 12.9. The minimum absolute atomic E-state index is 0.166. The molecule has 0 saturated heterocycles. The second-order valence-corrected chi connectivity index (χ2v) is 5.77. The number of carbonyl (C=O) groups is 1. The van der Waals surface area contributed by atoms with Gasteiger partial charge in [0.15, 0.2) is 10.2 Å². The molecule has 0 aliphatic carbocycles. The fraction of sp³-hybridized carbons (Fsp3) is 0.118. The van der Waals surface area contributed by atoms with Crippen LogP contribution in [0, 0.1) is 0 Å². The second-order valence-electron chi connectivity index (χ2n) is 4.96. The molecular weight excluding hydrogens is 340 g/mol. The SMILES string of the molecule is O=C(Cc1ccccc1)NC(=S)NNC(=S)NCc1ccccc1. The second kappa shape index (κ2) is 9.59. The highest BCUT2D eigenvalue weighted by molar-refractivity contribution is 7.80. The van der Waals surface area contributed by atoms with E-state index < -0.39 is 0 Å². The number of rotatable bonds is 4. The van der Waals surface area contributed by atoms with Gasteiger partial charge in [-0.25, -0.2) is 0 Å². The minimum atomic E-state index is -0.191. The Labute approximate surface area is 151 Å². The molecule has 1 amide bonds. The molecule has 2 aromatic carbocycles. The van der Waals surface area contributed by atoms with Gasteiger partial charge in [-0.15, -0.1) is 0 Å². The lowest BCUT2D eigenvalue weighted by Gasteiger charge is -2.13. The Hall–Kier alpha value is -2.51. The predicted molar refractivity (Wildman–Crippen MR) is 103 cm³/mol. The van der Waals surface area contributed by atoms with Crippen LogP contribution in [0.1, 0.15) is 11.1 Å². The van der Waals surface area contributed by atoms with E-state index in [1.165, 1.54) is 0 Å². The normalized spacial score (nSPS) is 9.67. The van der Waals surface area contributed by atoms with Crippen molar-refractivity contribution in [2.24, 2.45) is 0 Å². The molecule has 0 unspecified atom stereocenters. The Kier molecular flexibility index (Phi) is 7.13. The predicted octanol–water partition coefficient (Wildman–Crippen LogP) is 1.80. The molecule has 5 nitrogen and oxygen atoms in total. The summed E-state index contributed by atoms with van der Waals surface area (Å²) in [6.07, 6.45) is 0.263. The van der Waals surface area contributed by atoms with Crippen molar-refractivity contribution in [2.45, 2.75) is 13.0 Å². The summed E-state index contributed by atoms with van der Waals surface area (Å²) in [5, 5.41) is 6.18. The van der Waals surface area contributed by atoms with Crippen LogP contribution in [0.4, 0.5) is 0 Å². The highest BCUT2D eigenvalue weighted by Gasteiger charge is 2.05. The van der Waals surface area contributed by atoms with Crippen molar-refractivity contribution in [2.75, 3.05) is 0 Å². The molecule has 24 heavy (non-hydrogen) atoms. The third-order valence-corrected chi connectivity index (χ3v) is 3.50. The van der Waals surface area contributed by atoms with E-state index in [4.69, 9.17) is 24.4 Å². The Balaban J connectivity index is 1.65. The van der Waals surface area contributed by atoms with Crippen LogP contribution in [0.2, 0.25) is 0 Å². The van der Waals surface area contributed by atoms with Crippen LogP contribution in [0.5, 0.6) is 0 Å². The molecule has 0 aliphatic rings. The van der Waals surface area contributed by atoms with Crippen LogP contribution in [0.25, 0.3) is 0 Å². The number of amides is 1. The third-order valence-electron chi connectivity index (χ3n) is 3.05. The maximum absolute atomic E-state index is 11.9. The van der Waals surface area contributed by atoms with Crippen molar-refractivity contribution in [3.63, 3.8) is 0 Å². The molecule has 0 radical (unpaired) electrons. The van der Waals surface area contributed by atoms with Gasteiger partial charge in [0, 0.05) is 6.54 Å². The van der Waals surface area contributed by atoms with Crippen LogP contribution in [0.15, 0.2) is 60.7 Å². The topological polar surface area (TPSA) is 65.2 Å². The van der Waals surface area contributed by atoms with E-state index in [1.54, 1.807) is 0 Å². The molecular formula is C17H18N4OS2. The van der Waals surface area contributed by atoms with E-state index in [9.17, 15) is 4.79 Å². The summed E-state index contributed by atoms with van der Waals surface area (Å²) >= 11 is 10.2. The average molecular weight is 358 g/mol. The van der Waals surface area contributed by atoms with Gasteiger partial charge in [-0.1, -0.05) is 60.7 Å². The Morgan fingerprint density at radius 3 is 1.96 bits per heavy atom. The number of carbonyl (C=O) groups excluding carboxylic acids is 1. The van der Waals surface area contributed by atoms with Crippen LogP contribution in [-0.4, -0.2) is 16.1 Å². The van der Waals surface area contributed by atoms with E-state index in [0.717, 1.165) is 11.1 Å². The van der Waals surface area contributed by atoms with Crippen LogP contribution in [0.3, 0.4) is 0 Å². The molecule has 2 rings (SSSR count). The number of hydrazine groups is 1. The Morgan fingerprint density at radius 2 is 1.33 bits per heavy atom. The van der Waals surface area contributed by atoms with Crippen molar-refractivity contribution in [1.82, 2.24) is 21.5 Å². The average Bonchev–Trinajstić information content (AvgIpc) is 2.60. The van der Waals surface area contributed by atoms with Gasteiger partial charge in [-0.2, -0.15) is 0 Å². The van der Waals surface area contributed by atoms with Gasteiger partial charge in [0.2, 0.25) is 5.91 Å². The summed E-state index contributed by atoms with van der Waals surface area (Å²) in [5.74, 6) is -0.191. The van der Waals surface area contributed by atoms with Gasteiger partial charge in [-0.3, -0.25) is 15.6 Å². The molecule has 0 bridgehead atoms. The number of nitrogens with one attached hydrogen (secondary N) is 4. The monoisotopic (exact) mass is 358 g/mol. The van der Waals surface area contributed by atoms with Crippen molar-refractivity contribution in [3.8, 4) is 0 Å². The minimum Gasteiger partial charge on any atom is -0.357 e. The fourth-order valence-electron chi connectivity index (χ4n) is 1.92. The highest BCUT2D eigenvalue weighted by atomic mass is 32.1. The van der Waals surface area contributed by atoms with Crippen molar-refractivity contribution < 1.29 is 4.79 Å². The first-order valence-electron chi connectivity index (χ1n) is 7.35. The summed E-state index contributed by atoms with van der Waals surface area (Å²) < 4.78 is 0. The first-order chi connectivity index (χ1) is 11.6. The van der Waals surface area contributed by atoms with Gasteiger partial charge in [0.1, 0.15) is 0 Å². The van der Waals surface area contributed by atoms with Gasteiger partial charge in [0.25, 0.3) is 0 Å². The van der Waals surface area contributed by atoms with E-state index in [-0.39, 0.29) is 17.4 Å². The number of benzene rings is 2. The summed E-state index contributed by atoms with van der Waals surface area (Å²) in [4.78, 5) is 11.9. The summed E-state index contributed by atoms with van der Waals surface area (Å²) in [7, 11) is 0. The molecule has 0 aliphatic heterocycles. The summed E-state index contributed by atoms with van der Waals surface area (Å²) in [6.45, 7) is 0.599. The molecule has 0 spiro atoms. The number of hydrogen-bond donors (Lipinski definition) is 4. The van der Waals surface area contributed by atoms with E-state index >= 15 is 0 Å². The van der Waals surface area contributed by atoms with E-state index in [2.05, 4.69) is 21.5 Å². The maximum atomic E-state index is 11.9. The van der Waals surface area contributed by atoms with Gasteiger partial charge < -0.3 is 10.6 Å². The Morgan fingerprint density at radius 1 is 0.792 bits per heavy atom. The molecule has 0 fully saturated rings. The van der Waals surface area contributed by atoms with Crippen molar-refractivity contribution >= 4 is 40.6 Å². The van der Waals surface area contributed by atoms with Crippen molar-refractivity contribution in [3.05, 3.63) is 71.8 Å². The number of hydrogen-bond acceptors (Lipinski definition) is 3. The quantitative estimate of drug-likeness (QED) is 0.494. The lowest BCUT2D eigenvalue weighted by molar-refractivity contribution is -0.119. The van der Waals surface area contributed by atoms with Gasteiger partial charge in [0.05, 0.1) is 6.42 Å². The largest absolute Gasteiger partial charge is 0.357 e. The van der Waals surface area contributed by atoms with Crippen LogP contribution >= 0.6 is 24.4 Å². The maximum Gasteiger partial charge on any atom is 0.230 e. The molecule has 0 saturated carbocycles. The molecule has 7 heteroatoms. The Bertz CT molecular complexity index is 692. The summed E-state index contributed by atoms with van der Waals surface area (Å²) in [6, 6.07) is 19.3. The lowest BCUT2D eigenvalue weighted by atomic mass is 10.1. The van der Waals surface area contributed by atoms with E-state index in [1.807, 2.05) is 60.7 Å². The zero-order chi connectivity index (χ0) is 17.2. The highest BCUT2D eigenvalue weighted by Crippen LogP contribution is 1.99. The van der Waals surface area contributed by atoms with Gasteiger partial charge >= 0.3 is 0 Å². The zero-order valence-corrected chi connectivity index (χ0v) is 14.5. The van der Waals surface area contributed by atoms with E-state index in [0.29, 0.717) is 11.7 Å². The molecule has 124 valence electrons.